The van der Waals surface area contributed by atoms with Crippen LogP contribution in [0.4, 0.5) is 10.2 Å². The van der Waals surface area contributed by atoms with Gasteiger partial charge in [-0.15, -0.1) is 0 Å². The Morgan fingerprint density at radius 2 is 1.96 bits per heavy atom. The Balaban J connectivity index is 1.95. The van der Waals surface area contributed by atoms with E-state index in [0.717, 1.165) is 12.0 Å². The van der Waals surface area contributed by atoms with E-state index in [-0.39, 0.29) is 11.9 Å². The summed E-state index contributed by atoms with van der Waals surface area (Å²) in [4.78, 5) is 8.46. The first-order valence-corrected chi connectivity index (χ1v) is 7.96. The molecule has 1 aromatic heterocycles. The van der Waals surface area contributed by atoms with Crippen molar-refractivity contribution in [2.45, 2.75) is 12.5 Å². The summed E-state index contributed by atoms with van der Waals surface area (Å²) in [6, 6.07) is 12.0. The summed E-state index contributed by atoms with van der Waals surface area (Å²) in [5.41, 5.74) is 1.75. The second-order valence-electron chi connectivity index (χ2n) is 5.41. The van der Waals surface area contributed by atoms with Crippen LogP contribution in [0.2, 0.25) is 5.02 Å². The molecule has 124 valence electrons. The Bertz CT molecular complexity index is 826. The maximum atomic E-state index is 13.6. The van der Waals surface area contributed by atoms with Crippen LogP contribution >= 0.6 is 11.6 Å². The molecule has 3 rings (SSSR count). The van der Waals surface area contributed by atoms with Gasteiger partial charge < -0.3 is 10.1 Å². The fourth-order valence-corrected chi connectivity index (χ4v) is 2.69. The summed E-state index contributed by atoms with van der Waals surface area (Å²) < 4.78 is 18.8. The highest BCUT2D eigenvalue weighted by Crippen LogP contribution is 2.27. The molecule has 0 aliphatic rings. The van der Waals surface area contributed by atoms with Gasteiger partial charge in [-0.1, -0.05) is 23.7 Å². The molecule has 1 heterocycles. The van der Waals surface area contributed by atoms with E-state index in [1.165, 1.54) is 18.5 Å². The van der Waals surface area contributed by atoms with Gasteiger partial charge in [-0.25, -0.2) is 14.4 Å². The second-order valence-corrected chi connectivity index (χ2v) is 5.85. The molecule has 1 N–H and O–H groups in total. The molecule has 1 atom stereocenters. The number of halogens is 2. The zero-order chi connectivity index (χ0) is 16.9. The SMILES string of the molecule is COCCC(Nc1ncnc2ccc(F)cc12)c1ccc(Cl)cc1. The lowest BCUT2D eigenvalue weighted by Crippen LogP contribution is -2.14. The topological polar surface area (TPSA) is 47.0 Å². The van der Waals surface area contributed by atoms with Crippen LogP contribution in [0.1, 0.15) is 18.0 Å². The fraction of sp³-hybridized carbons (Fsp3) is 0.222. The third-order valence-electron chi connectivity index (χ3n) is 3.79. The fourth-order valence-electron chi connectivity index (χ4n) is 2.56. The number of ether oxygens (including phenoxy) is 1. The Morgan fingerprint density at radius 3 is 2.71 bits per heavy atom. The first kappa shape index (κ1) is 16.6. The highest BCUT2D eigenvalue weighted by Gasteiger charge is 2.14. The third kappa shape index (κ3) is 3.80. The summed E-state index contributed by atoms with van der Waals surface area (Å²) >= 11 is 5.97. The van der Waals surface area contributed by atoms with Crippen molar-refractivity contribution in [3.63, 3.8) is 0 Å². The van der Waals surface area contributed by atoms with Crippen molar-refractivity contribution in [2.24, 2.45) is 0 Å². The largest absolute Gasteiger partial charge is 0.385 e. The molecule has 0 radical (unpaired) electrons. The van der Waals surface area contributed by atoms with Crippen LogP contribution < -0.4 is 5.32 Å². The van der Waals surface area contributed by atoms with Gasteiger partial charge in [0, 0.05) is 24.1 Å². The summed E-state index contributed by atoms with van der Waals surface area (Å²) in [6.45, 7) is 0.581. The van der Waals surface area contributed by atoms with Crippen LogP contribution in [0.5, 0.6) is 0 Å². The molecule has 0 fully saturated rings. The van der Waals surface area contributed by atoms with Crippen LogP contribution in [-0.2, 0) is 4.74 Å². The van der Waals surface area contributed by atoms with E-state index in [1.807, 2.05) is 24.3 Å². The molecule has 0 saturated heterocycles. The number of hydrogen-bond acceptors (Lipinski definition) is 4. The molecule has 0 spiro atoms. The van der Waals surface area contributed by atoms with Crippen LogP contribution in [0.25, 0.3) is 10.9 Å². The minimum absolute atomic E-state index is 0.0383. The molecule has 6 heteroatoms. The lowest BCUT2D eigenvalue weighted by atomic mass is 10.0. The van der Waals surface area contributed by atoms with Crippen molar-refractivity contribution in [1.82, 2.24) is 9.97 Å². The van der Waals surface area contributed by atoms with Gasteiger partial charge >= 0.3 is 0 Å². The molecule has 4 nitrogen and oxygen atoms in total. The van der Waals surface area contributed by atoms with Crippen molar-refractivity contribution >= 4 is 28.3 Å². The maximum Gasteiger partial charge on any atom is 0.137 e. The summed E-state index contributed by atoms with van der Waals surface area (Å²) in [7, 11) is 1.66. The standard InChI is InChI=1S/C18H17ClFN3O/c1-24-9-8-16(12-2-4-13(19)5-3-12)23-18-15-10-14(20)6-7-17(15)21-11-22-18/h2-7,10-11,16H,8-9H2,1H3,(H,21,22,23). The highest BCUT2D eigenvalue weighted by atomic mass is 35.5. The molecule has 0 amide bonds. The minimum Gasteiger partial charge on any atom is -0.385 e. The van der Waals surface area contributed by atoms with Crippen molar-refractivity contribution in [3.05, 3.63) is 65.2 Å². The van der Waals surface area contributed by atoms with E-state index < -0.39 is 0 Å². The molecule has 2 aromatic carbocycles. The summed E-state index contributed by atoms with van der Waals surface area (Å²) in [5, 5.41) is 4.71. The van der Waals surface area contributed by atoms with Gasteiger partial charge in [0.05, 0.1) is 11.6 Å². The van der Waals surface area contributed by atoms with Crippen LogP contribution in [0.3, 0.4) is 0 Å². The number of nitrogens with one attached hydrogen (secondary N) is 1. The summed E-state index contributed by atoms with van der Waals surface area (Å²) in [6.07, 6.45) is 2.21. The molecular weight excluding hydrogens is 329 g/mol. The number of fused-ring (bicyclic) bond motifs is 1. The quantitative estimate of drug-likeness (QED) is 0.708. The number of benzene rings is 2. The first-order valence-electron chi connectivity index (χ1n) is 7.58. The van der Waals surface area contributed by atoms with Crippen LogP contribution in [-0.4, -0.2) is 23.7 Å². The van der Waals surface area contributed by atoms with Gasteiger partial charge in [0.25, 0.3) is 0 Å². The number of aromatic nitrogens is 2. The van der Waals surface area contributed by atoms with E-state index in [2.05, 4.69) is 15.3 Å². The zero-order valence-corrected chi connectivity index (χ0v) is 13.9. The van der Waals surface area contributed by atoms with Crippen molar-refractivity contribution in [3.8, 4) is 0 Å². The van der Waals surface area contributed by atoms with E-state index in [9.17, 15) is 4.39 Å². The Kier molecular flexibility index (Phi) is 5.23. The van der Waals surface area contributed by atoms with Gasteiger partial charge in [-0.05, 0) is 42.3 Å². The number of methoxy groups -OCH3 is 1. The lowest BCUT2D eigenvalue weighted by molar-refractivity contribution is 0.190. The van der Waals surface area contributed by atoms with Crippen LogP contribution in [0.15, 0.2) is 48.8 Å². The molecule has 0 aliphatic heterocycles. The highest BCUT2D eigenvalue weighted by molar-refractivity contribution is 6.30. The Hall–Kier alpha value is -2.24. The average molecular weight is 346 g/mol. The molecular formula is C18H17ClFN3O. The normalized spacial score (nSPS) is 12.3. The van der Waals surface area contributed by atoms with Crippen LogP contribution in [0, 0.1) is 5.82 Å². The maximum absolute atomic E-state index is 13.6. The Labute approximate surface area is 144 Å². The number of hydrogen-bond donors (Lipinski definition) is 1. The molecule has 1 unspecified atom stereocenters. The van der Waals surface area contributed by atoms with Crippen molar-refractivity contribution < 1.29 is 9.13 Å². The first-order chi connectivity index (χ1) is 11.7. The van der Waals surface area contributed by atoms with Gasteiger partial charge in [0.1, 0.15) is 18.0 Å². The van der Waals surface area contributed by atoms with Gasteiger partial charge in [0.2, 0.25) is 0 Å². The molecule has 24 heavy (non-hydrogen) atoms. The van der Waals surface area contributed by atoms with E-state index >= 15 is 0 Å². The number of rotatable bonds is 6. The van der Waals surface area contributed by atoms with Gasteiger partial charge in [-0.2, -0.15) is 0 Å². The van der Waals surface area contributed by atoms with E-state index in [4.69, 9.17) is 16.3 Å². The second kappa shape index (κ2) is 7.55. The lowest BCUT2D eigenvalue weighted by Gasteiger charge is -2.20. The minimum atomic E-state index is -0.319. The third-order valence-corrected chi connectivity index (χ3v) is 4.04. The number of nitrogens with zero attached hydrogens (tertiary/aromatic N) is 2. The van der Waals surface area contributed by atoms with E-state index in [1.54, 1.807) is 13.2 Å². The zero-order valence-electron chi connectivity index (χ0n) is 13.2. The predicted octanol–water partition coefficient (Wildman–Crippen LogP) is 4.61. The van der Waals surface area contributed by atoms with E-state index in [0.29, 0.717) is 28.4 Å². The van der Waals surface area contributed by atoms with Gasteiger partial charge in [-0.3, -0.25) is 0 Å². The van der Waals surface area contributed by atoms with Crippen molar-refractivity contribution in [1.29, 1.82) is 0 Å². The smallest absolute Gasteiger partial charge is 0.137 e. The molecule has 0 aliphatic carbocycles. The molecule has 0 saturated carbocycles. The molecule has 0 bridgehead atoms. The Morgan fingerprint density at radius 1 is 1.17 bits per heavy atom. The monoisotopic (exact) mass is 345 g/mol. The predicted molar refractivity (Wildman–Crippen MR) is 93.8 cm³/mol. The van der Waals surface area contributed by atoms with Gasteiger partial charge in [0.15, 0.2) is 0 Å². The molecule has 3 aromatic rings. The number of anilines is 1. The van der Waals surface area contributed by atoms with Crippen molar-refractivity contribution in [2.75, 3.05) is 19.0 Å². The average Bonchev–Trinajstić information content (AvgIpc) is 2.59. The summed E-state index contributed by atoms with van der Waals surface area (Å²) in [5.74, 6) is 0.274.